The molecular weight excluding hydrogens is 382 g/mol. The van der Waals surface area contributed by atoms with Crippen LogP contribution in [-0.4, -0.2) is 84.8 Å². The standard InChI is InChI=1S/C19H33N3O5S/c1-4-5-6-15-13-27-19(25)22(15)14-7-10-21(11-8-14)18(24)20-16(9-12-28-3)17(23)26-2/h14-16H,4-13H2,1-3H3,(H,20,24). The van der Waals surface area contributed by atoms with Crippen LogP contribution in [0.2, 0.25) is 0 Å². The molecule has 0 aromatic rings. The number of likely N-dealkylation sites (tertiary alicyclic amines) is 1. The Labute approximate surface area is 171 Å². The summed E-state index contributed by atoms with van der Waals surface area (Å²) in [6, 6.07) is -0.627. The third-order valence-corrected chi connectivity index (χ3v) is 6.08. The zero-order valence-corrected chi connectivity index (χ0v) is 18.0. The summed E-state index contributed by atoms with van der Waals surface area (Å²) in [5, 5.41) is 2.80. The minimum Gasteiger partial charge on any atom is -0.467 e. The number of rotatable bonds is 9. The molecule has 2 aliphatic rings. The lowest BCUT2D eigenvalue weighted by molar-refractivity contribution is -0.142. The van der Waals surface area contributed by atoms with E-state index in [4.69, 9.17) is 9.47 Å². The molecule has 8 nitrogen and oxygen atoms in total. The van der Waals surface area contributed by atoms with Gasteiger partial charge in [-0.25, -0.2) is 14.4 Å². The number of cyclic esters (lactones) is 1. The number of piperidine rings is 1. The van der Waals surface area contributed by atoms with E-state index >= 15 is 0 Å². The molecule has 0 aromatic heterocycles. The first-order valence-corrected chi connectivity index (χ1v) is 11.5. The molecule has 2 atom stereocenters. The van der Waals surface area contributed by atoms with Crippen molar-refractivity contribution < 1.29 is 23.9 Å². The van der Waals surface area contributed by atoms with Crippen LogP contribution in [0.4, 0.5) is 9.59 Å². The van der Waals surface area contributed by atoms with E-state index in [9.17, 15) is 14.4 Å². The monoisotopic (exact) mass is 415 g/mol. The first-order chi connectivity index (χ1) is 13.5. The fraction of sp³-hybridized carbons (Fsp3) is 0.842. The number of hydrogen-bond acceptors (Lipinski definition) is 6. The van der Waals surface area contributed by atoms with Crippen molar-refractivity contribution in [2.24, 2.45) is 0 Å². The Balaban J connectivity index is 1.87. The Morgan fingerprint density at radius 1 is 1.36 bits per heavy atom. The Kier molecular flexibility index (Phi) is 9.21. The lowest BCUT2D eigenvalue weighted by atomic mass is 10.0. The Morgan fingerprint density at radius 2 is 2.07 bits per heavy atom. The van der Waals surface area contributed by atoms with E-state index in [1.165, 1.54) is 7.11 Å². The van der Waals surface area contributed by atoms with Gasteiger partial charge in [-0.15, -0.1) is 0 Å². The van der Waals surface area contributed by atoms with Crippen LogP contribution < -0.4 is 5.32 Å². The molecule has 2 fully saturated rings. The summed E-state index contributed by atoms with van der Waals surface area (Å²) in [5.74, 6) is 0.342. The van der Waals surface area contributed by atoms with Crippen molar-refractivity contribution in [1.82, 2.24) is 15.1 Å². The number of methoxy groups -OCH3 is 1. The van der Waals surface area contributed by atoms with Gasteiger partial charge in [-0.1, -0.05) is 19.8 Å². The highest BCUT2D eigenvalue weighted by molar-refractivity contribution is 7.98. The number of ether oxygens (including phenoxy) is 2. The largest absolute Gasteiger partial charge is 0.467 e. The van der Waals surface area contributed by atoms with Crippen LogP contribution in [0, 0.1) is 0 Å². The fourth-order valence-electron chi connectivity index (χ4n) is 3.80. The second-order valence-corrected chi connectivity index (χ2v) is 8.29. The zero-order valence-electron chi connectivity index (χ0n) is 17.1. The van der Waals surface area contributed by atoms with Crippen molar-refractivity contribution >= 4 is 29.9 Å². The summed E-state index contributed by atoms with van der Waals surface area (Å²) in [6.07, 6.45) is 6.83. The van der Waals surface area contributed by atoms with E-state index in [0.717, 1.165) is 37.9 Å². The van der Waals surface area contributed by atoms with E-state index in [1.807, 2.05) is 11.2 Å². The minimum absolute atomic E-state index is 0.105. The SMILES string of the molecule is CCCCC1COC(=O)N1C1CCN(C(=O)NC(CCSC)C(=O)OC)CC1. The van der Waals surface area contributed by atoms with Gasteiger partial charge in [0.1, 0.15) is 12.6 Å². The summed E-state index contributed by atoms with van der Waals surface area (Å²) in [5.41, 5.74) is 0. The van der Waals surface area contributed by atoms with E-state index in [2.05, 4.69) is 12.2 Å². The van der Waals surface area contributed by atoms with Gasteiger partial charge in [0.15, 0.2) is 0 Å². The fourth-order valence-corrected chi connectivity index (χ4v) is 4.27. The number of urea groups is 1. The van der Waals surface area contributed by atoms with Crippen molar-refractivity contribution in [3.63, 3.8) is 0 Å². The highest BCUT2D eigenvalue weighted by atomic mass is 32.2. The number of carbonyl (C=O) groups excluding carboxylic acids is 3. The van der Waals surface area contributed by atoms with Gasteiger partial charge in [0.25, 0.3) is 0 Å². The summed E-state index contributed by atoms with van der Waals surface area (Å²) in [4.78, 5) is 40.3. The summed E-state index contributed by atoms with van der Waals surface area (Å²) >= 11 is 1.62. The van der Waals surface area contributed by atoms with Gasteiger partial charge in [0.05, 0.1) is 13.2 Å². The van der Waals surface area contributed by atoms with Crippen LogP contribution in [0.5, 0.6) is 0 Å². The van der Waals surface area contributed by atoms with E-state index < -0.39 is 12.0 Å². The molecule has 0 aliphatic carbocycles. The Hall–Kier alpha value is -1.64. The molecule has 0 saturated carbocycles. The van der Waals surface area contributed by atoms with Gasteiger partial charge in [0, 0.05) is 19.1 Å². The average Bonchev–Trinajstić information content (AvgIpc) is 3.09. The smallest absolute Gasteiger partial charge is 0.410 e. The lowest BCUT2D eigenvalue weighted by Crippen LogP contribution is -2.54. The molecular formula is C19H33N3O5S. The van der Waals surface area contributed by atoms with Gasteiger partial charge in [-0.2, -0.15) is 11.8 Å². The van der Waals surface area contributed by atoms with Crippen LogP contribution in [0.1, 0.15) is 45.4 Å². The molecule has 1 N–H and O–H groups in total. The van der Waals surface area contributed by atoms with Gasteiger partial charge in [0.2, 0.25) is 0 Å². The molecule has 0 bridgehead atoms. The number of nitrogens with one attached hydrogen (secondary N) is 1. The molecule has 0 radical (unpaired) electrons. The molecule has 2 aliphatic heterocycles. The second-order valence-electron chi connectivity index (χ2n) is 7.31. The van der Waals surface area contributed by atoms with Gasteiger partial charge in [-0.3, -0.25) is 4.90 Å². The van der Waals surface area contributed by atoms with Crippen LogP contribution in [-0.2, 0) is 14.3 Å². The quantitative estimate of drug-likeness (QED) is 0.582. The predicted molar refractivity (Wildman–Crippen MR) is 108 cm³/mol. The van der Waals surface area contributed by atoms with Gasteiger partial charge < -0.3 is 19.7 Å². The lowest BCUT2D eigenvalue weighted by Gasteiger charge is -2.38. The van der Waals surface area contributed by atoms with Crippen molar-refractivity contribution in [2.75, 3.05) is 38.8 Å². The van der Waals surface area contributed by atoms with Crippen LogP contribution in [0.25, 0.3) is 0 Å². The number of unbranched alkanes of at least 4 members (excludes halogenated alkanes) is 1. The third kappa shape index (κ3) is 5.93. The summed E-state index contributed by atoms with van der Waals surface area (Å²) in [6.45, 7) is 3.71. The molecule has 9 heteroatoms. The molecule has 2 rings (SSSR count). The van der Waals surface area contributed by atoms with Crippen LogP contribution >= 0.6 is 11.8 Å². The van der Waals surface area contributed by atoms with Crippen molar-refractivity contribution in [1.29, 1.82) is 0 Å². The molecule has 28 heavy (non-hydrogen) atoms. The maximum Gasteiger partial charge on any atom is 0.410 e. The molecule has 0 spiro atoms. The van der Waals surface area contributed by atoms with E-state index in [0.29, 0.717) is 26.1 Å². The highest BCUT2D eigenvalue weighted by Gasteiger charge is 2.39. The number of nitrogens with zero attached hydrogens (tertiary/aromatic N) is 2. The average molecular weight is 416 g/mol. The molecule has 2 saturated heterocycles. The van der Waals surface area contributed by atoms with Crippen LogP contribution in [0.3, 0.4) is 0 Å². The predicted octanol–water partition coefficient (Wildman–Crippen LogP) is 2.47. The number of amides is 3. The van der Waals surface area contributed by atoms with Crippen molar-refractivity contribution in [3.05, 3.63) is 0 Å². The van der Waals surface area contributed by atoms with Gasteiger partial charge >= 0.3 is 18.1 Å². The zero-order chi connectivity index (χ0) is 20.5. The Bertz CT molecular complexity index is 540. The summed E-state index contributed by atoms with van der Waals surface area (Å²) < 4.78 is 10.1. The molecule has 2 unspecified atom stereocenters. The van der Waals surface area contributed by atoms with E-state index in [1.54, 1.807) is 16.7 Å². The maximum absolute atomic E-state index is 12.6. The number of carbonyl (C=O) groups is 3. The highest BCUT2D eigenvalue weighted by Crippen LogP contribution is 2.26. The molecule has 2 heterocycles. The second kappa shape index (κ2) is 11.4. The first-order valence-electron chi connectivity index (χ1n) is 10.1. The minimum atomic E-state index is -0.630. The molecule has 160 valence electrons. The number of hydrogen-bond donors (Lipinski definition) is 1. The van der Waals surface area contributed by atoms with Crippen LogP contribution in [0.15, 0.2) is 0 Å². The van der Waals surface area contributed by atoms with E-state index in [-0.39, 0.29) is 24.2 Å². The number of thioether (sulfide) groups is 1. The van der Waals surface area contributed by atoms with Crippen molar-refractivity contribution in [2.45, 2.75) is 63.6 Å². The Morgan fingerprint density at radius 3 is 2.68 bits per heavy atom. The normalized spacial score (nSPS) is 21.4. The first kappa shape index (κ1) is 22.6. The molecule has 3 amide bonds. The third-order valence-electron chi connectivity index (χ3n) is 5.43. The maximum atomic E-state index is 12.6. The molecule has 0 aromatic carbocycles. The number of esters is 1. The topological polar surface area (TPSA) is 88.2 Å². The van der Waals surface area contributed by atoms with Crippen molar-refractivity contribution in [3.8, 4) is 0 Å². The van der Waals surface area contributed by atoms with Gasteiger partial charge in [-0.05, 0) is 37.7 Å². The summed E-state index contributed by atoms with van der Waals surface area (Å²) in [7, 11) is 1.33.